The smallest absolute Gasteiger partial charge is 0.128 e. The predicted molar refractivity (Wildman–Crippen MR) is 54.6 cm³/mol. The van der Waals surface area contributed by atoms with Gasteiger partial charge in [-0.2, -0.15) is 0 Å². The van der Waals surface area contributed by atoms with Gasteiger partial charge in [0.05, 0.1) is 6.61 Å². The molecule has 0 aliphatic rings. The fourth-order valence-electron chi connectivity index (χ4n) is 1.31. The number of carbonyl (C=O) groups is 1. The molecule has 2 heteroatoms. The van der Waals surface area contributed by atoms with Crippen LogP contribution in [0.3, 0.4) is 0 Å². The molecule has 0 rings (SSSR count). The molecule has 2 nitrogen and oxygen atoms in total. The standard InChI is InChI=1S/C11H22O2/c1-3-4-5-6-7-8-11(2,9-12)10-13/h9,13H,3-8,10H2,1-2H3. The van der Waals surface area contributed by atoms with E-state index in [1.165, 1.54) is 25.7 Å². The van der Waals surface area contributed by atoms with Crippen LogP contribution in [0.15, 0.2) is 0 Å². The summed E-state index contributed by atoms with van der Waals surface area (Å²) in [6.07, 6.45) is 7.69. The van der Waals surface area contributed by atoms with Crippen LogP contribution in [0.2, 0.25) is 0 Å². The third kappa shape index (κ3) is 5.81. The molecule has 1 atom stereocenters. The third-order valence-corrected chi connectivity index (χ3v) is 2.50. The second-order valence-corrected chi connectivity index (χ2v) is 4.09. The van der Waals surface area contributed by atoms with E-state index in [1.54, 1.807) is 0 Å². The van der Waals surface area contributed by atoms with Crippen LogP contribution in [0.1, 0.15) is 52.4 Å². The average Bonchev–Trinajstić information content (AvgIpc) is 2.17. The second-order valence-electron chi connectivity index (χ2n) is 4.09. The second kappa shape index (κ2) is 7.07. The molecule has 13 heavy (non-hydrogen) atoms. The molecule has 0 aliphatic heterocycles. The van der Waals surface area contributed by atoms with Gasteiger partial charge in [-0.1, -0.05) is 46.0 Å². The monoisotopic (exact) mass is 186 g/mol. The van der Waals surface area contributed by atoms with Gasteiger partial charge in [-0.25, -0.2) is 0 Å². The molecule has 0 spiro atoms. The van der Waals surface area contributed by atoms with Gasteiger partial charge >= 0.3 is 0 Å². The van der Waals surface area contributed by atoms with Gasteiger partial charge in [0.15, 0.2) is 0 Å². The third-order valence-electron chi connectivity index (χ3n) is 2.50. The van der Waals surface area contributed by atoms with Crippen LogP contribution < -0.4 is 0 Å². The molecular formula is C11H22O2. The lowest BCUT2D eigenvalue weighted by Gasteiger charge is -2.19. The molecule has 0 fully saturated rings. The molecule has 0 aromatic heterocycles. The van der Waals surface area contributed by atoms with Crippen molar-refractivity contribution in [2.24, 2.45) is 5.41 Å². The highest BCUT2D eigenvalue weighted by molar-refractivity contribution is 5.58. The molecule has 0 aromatic rings. The summed E-state index contributed by atoms with van der Waals surface area (Å²) in [6, 6.07) is 0. The first-order valence-electron chi connectivity index (χ1n) is 5.25. The van der Waals surface area contributed by atoms with Crippen molar-refractivity contribution < 1.29 is 9.90 Å². The first-order chi connectivity index (χ1) is 6.18. The van der Waals surface area contributed by atoms with Gasteiger partial charge in [0.25, 0.3) is 0 Å². The summed E-state index contributed by atoms with van der Waals surface area (Å²) in [5.41, 5.74) is -0.494. The van der Waals surface area contributed by atoms with Crippen molar-refractivity contribution in [1.82, 2.24) is 0 Å². The van der Waals surface area contributed by atoms with Gasteiger partial charge in [-0.3, -0.25) is 0 Å². The maximum Gasteiger partial charge on any atom is 0.128 e. The zero-order valence-electron chi connectivity index (χ0n) is 8.88. The number of aliphatic hydroxyl groups is 1. The first-order valence-corrected chi connectivity index (χ1v) is 5.25. The average molecular weight is 186 g/mol. The Balaban J connectivity index is 3.44. The normalized spacial score (nSPS) is 15.3. The summed E-state index contributed by atoms with van der Waals surface area (Å²) in [6.45, 7) is 3.98. The lowest BCUT2D eigenvalue weighted by molar-refractivity contribution is -0.117. The summed E-state index contributed by atoms with van der Waals surface area (Å²) in [4.78, 5) is 10.6. The van der Waals surface area contributed by atoms with Crippen LogP contribution in [0.25, 0.3) is 0 Å². The summed E-state index contributed by atoms with van der Waals surface area (Å²) in [5.74, 6) is 0. The molecular weight excluding hydrogens is 164 g/mol. The number of rotatable bonds is 8. The number of hydrogen-bond donors (Lipinski definition) is 1. The number of carbonyl (C=O) groups excluding carboxylic acids is 1. The van der Waals surface area contributed by atoms with Gasteiger partial charge in [0.1, 0.15) is 6.29 Å². The minimum atomic E-state index is -0.494. The van der Waals surface area contributed by atoms with Crippen molar-refractivity contribution in [3.8, 4) is 0 Å². The lowest BCUT2D eigenvalue weighted by Crippen LogP contribution is -2.22. The fraction of sp³-hybridized carbons (Fsp3) is 0.909. The molecule has 0 saturated carbocycles. The van der Waals surface area contributed by atoms with E-state index in [9.17, 15) is 4.79 Å². The Morgan fingerprint density at radius 1 is 1.23 bits per heavy atom. The van der Waals surface area contributed by atoms with Crippen LogP contribution in [-0.2, 0) is 4.79 Å². The van der Waals surface area contributed by atoms with Gasteiger partial charge in [-0.05, 0) is 6.42 Å². The Kier molecular flexibility index (Phi) is 6.87. The van der Waals surface area contributed by atoms with E-state index in [2.05, 4.69) is 6.92 Å². The van der Waals surface area contributed by atoms with Crippen molar-refractivity contribution in [1.29, 1.82) is 0 Å². The highest BCUT2D eigenvalue weighted by atomic mass is 16.3. The molecule has 0 amide bonds. The van der Waals surface area contributed by atoms with Gasteiger partial charge in [0.2, 0.25) is 0 Å². The predicted octanol–water partition coefficient (Wildman–Crippen LogP) is 2.54. The zero-order valence-corrected chi connectivity index (χ0v) is 8.88. The molecule has 0 aromatic carbocycles. The van der Waals surface area contributed by atoms with Gasteiger partial charge in [0, 0.05) is 5.41 Å². The van der Waals surface area contributed by atoms with Crippen molar-refractivity contribution in [3.05, 3.63) is 0 Å². The van der Waals surface area contributed by atoms with E-state index in [0.717, 1.165) is 19.1 Å². The minimum Gasteiger partial charge on any atom is -0.395 e. The van der Waals surface area contributed by atoms with Crippen molar-refractivity contribution >= 4 is 6.29 Å². The van der Waals surface area contributed by atoms with Crippen molar-refractivity contribution in [2.45, 2.75) is 52.4 Å². The quantitative estimate of drug-likeness (QED) is 0.467. The van der Waals surface area contributed by atoms with E-state index in [4.69, 9.17) is 5.11 Å². The molecule has 0 heterocycles. The van der Waals surface area contributed by atoms with Crippen LogP contribution in [0.4, 0.5) is 0 Å². The Morgan fingerprint density at radius 2 is 1.85 bits per heavy atom. The molecule has 1 unspecified atom stereocenters. The molecule has 0 aliphatic carbocycles. The molecule has 1 N–H and O–H groups in total. The number of aliphatic hydroxyl groups excluding tert-OH is 1. The SMILES string of the molecule is CCCCCCCC(C)(C=O)CO. The maximum absolute atomic E-state index is 10.6. The zero-order chi connectivity index (χ0) is 10.2. The van der Waals surface area contributed by atoms with Crippen molar-refractivity contribution in [3.63, 3.8) is 0 Å². The van der Waals surface area contributed by atoms with Gasteiger partial charge in [-0.15, -0.1) is 0 Å². The van der Waals surface area contributed by atoms with E-state index >= 15 is 0 Å². The first kappa shape index (κ1) is 12.6. The highest BCUT2D eigenvalue weighted by Gasteiger charge is 2.21. The summed E-state index contributed by atoms with van der Waals surface area (Å²) in [7, 11) is 0. The Hall–Kier alpha value is -0.370. The molecule has 0 radical (unpaired) electrons. The minimum absolute atomic E-state index is 0.0235. The fourth-order valence-corrected chi connectivity index (χ4v) is 1.31. The number of unbranched alkanes of at least 4 members (excludes halogenated alkanes) is 4. The topological polar surface area (TPSA) is 37.3 Å². The summed E-state index contributed by atoms with van der Waals surface area (Å²) in [5, 5.41) is 8.96. The van der Waals surface area contributed by atoms with Crippen LogP contribution in [0.5, 0.6) is 0 Å². The number of aldehydes is 1. The van der Waals surface area contributed by atoms with E-state index in [0.29, 0.717) is 0 Å². The maximum atomic E-state index is 10.6. The highest BCUT2D eigenvalue weighted by Crippen LogP contribution is 2.21. The molecule has 0 saturated heterocycles. The lowest BCUT2D eigenvalue weighted by atomic mass is 9.87. The van der Waals surface area contributed by atoms with E-state index in [1.807, 2.05) is 6.92 Å². The number of hydrogen-bond acceptors (Lipinski definition) is 2. The van der Waals surface area contributed by atoms with E-state index < -0.39 is 5.41 Å². The van der Waals surface area contributed by atoms with Crippen LogP contribution in [0, 0.1) is 5.41 Å². The Bertz CT molecular complexity index is 134. The van der Waals surface area contributed by atoms with Crippen LogP contribution in [-0.4, -0.2) is 18.0 Å². The van der Waals surface area contributed by atoms with Crippen molar-refractivity contribution in [2.75, 3.05) is 6.61 Å². The summed E-state index contributed by atoms with van der Waals surface area (Å²) >= 11 is 0. The Labute approximate surface area is 81.3 Å². The van der Waals surface area contributed by atoms with E-state index in [-0.39, 0.29) is 6.61 Å². The molecule has 0 bridgehead atoms. The van der Waals surface area contributed by atoms with Crippen LogP contribution >= 0.6 is 0 Å². The largest absolute Gasteiger partial charge is 0.395 e. The summed E-state index contributed by atoms with van der Waals surface area (Å²) < 4.78 is 0. The Morgan fingerprint density at radius 3 is 2.31 bits per heavy atom. The molecule has 78 valence electrons. The van der Waals surface area contributed by atoms with Gasteiger partial charge < -0.3 is 9.90 Å².